The van der Waals surface area contributed by atoms with Crippen molar-refractivity contribution in [1.82, 2.24) is 10.6 Å². The molecule has 1 rings (SSSR count). The molecule has 0 spiro atoms. The van der Waals surface area contributed by atoms with Crippen LogP contribution in [0.2, 0.25) is 24.7 Å². The number of ether oxygens (including phenoxy) is 1. The van der Waals surface area contributed by atoms with Crippen molar-refractivity contribution in [2.45, 2.75) is 102 Å². The Bertz CT molecular complexity index is 688. The zero-order valence-corrected chi connectivity index (χ0v) is 34.5. The maximum absolute atomic E-state index is 9.48. The van der Waals surface area contributed by atoms with Gasteiger partial charge in [-0.1, -0.05) is 12.8 Å². The van der Waals surface area contributed by atoms with Crippen molar-refractivity contribution in [2.24, 2.45) is 17.2 Å². The van der Waals surface area contributed by atoms with Gasteiger partial charge < -0.3 is 63.3 Å². The second kappa shape index (κ2) is 29.8. The fourth-order valence-electron chi connectivity index (χ4n) is 5.61. The summed E-state index contributed by atoms with van der Waals surface area (Å²) in [5.74, 6) is 0. The zero-order valence-electron chi connectivity index (χ0n) is 31.5. The van der Waals surface area contributed by atoms with E-state index in [-0.39, 0.29) is 5.22 Å². The van der Waals surface area contributed by atoms with Crippen LogP contribution in [0.5, 0.6) is 0 Å². The molecule has 0 radical (unpaired) electrons. The lowest BCUT2D eigenvalue weighted by Gasteiger charge is -2.48. The minimum Gasteiger partial charge on any atom is -0.398 e. The summed E-state index contributed by atoms with van der Waals surface area (Å²) in [4.78, 5) is 0. The van der Waals surface area contributed by atoms with Gasteiger partial charge in [0, 0.05) is 87.6 Å². The van der Waals surface area contributed by atoms with Gasteiger partial charge in [0.1, 0.15) is 11.5 Å². The number of aliphatic hydroxyl groups is 1. The van der Waals surface area contributed by atoms with Crippen LogP contribution in [0, 0.1) is 0 Å². The van der Waals surface area contributed by atoms with Crippen molar-refractivity contribution in [3.63, 3.8) is 0 Å². The van der Waals surface area contributed by atoms with Gasteiger partial charge in [-0.3, -0.25) is 5.32 Å². The maximum atomic E-state index is 9.48. The van der Waals surface area contributed by atoms with E-state index >= 15 is 0 Å². The molecule has 17 heteroatoms. The van der Waals surface area contributed by atoms with Crippen molar-refractivity contribution >= 4 is 25.9 Å². The van der Waals surface area contributed by atoms with Gasteiger partial charge in [-0.25, -0.2) is 0 Å². The van der Waals surface area contributed by atoms with Crippen molar-refractivity contribution in [2.75, 3.05) is 94.6 Å². The fraction of sp³-hybridized carbons (Fsp3) is 1.00. The van der Waals surface area contributed by atoms with E-state index in [0.717, 1.165) is 56.9 Å². The van der Waals surface area contributed by atoms with E-state index in [0.29, 0.717) is 52.4 Å². The van der Waals surface area contributed by atoms with Crippen molar-refractivity contribution < 1.29 is 40.8 Å². The molecule has 0 aromatic heterocycles. The number of nitrogens with two attached hydrogens (primary N) is 3. The summed E-state index contributed by atoms with van der Waals surface area (Å²) in [7, 11) is 1.98. The summed E-state index contributed by atoms with van der Waals surface area (Å²) in [6.07, 6.45) is 6.50. The lowest BCUT2D eigenvalue weighted by atomic mass is 10.1. The molecule has 0 amide bonds. The van der Waals surface area contributed by atoms with E-state index in [1.807, 2.05) is 27.3 Å². The van der Waals surface area contributed by atoms with E-state index in [4.69, 9.17) is 52.9 Å². The van der Waals surface area contributed by atoms with Gasteiger partial charge in [-0.15, -0.1) is 0 Å². The quantitative estimate of drug-likeness (QED) is 0.0430. The fourth-order valence-corrected chi connectivity index (χ4v) is 13.5. The van der Waals surface area contributed by atoms with Crippen LogP contribution in [0.4, 0.5) is 0 Å². The smallest absolute Gasteiger partial charge is 0.398 e. The normalized spacial score (nSPS) is 18.6. The molecule has 9 N–H and O–H groups in total. The molecule has 14 nitrogen and oxygen atoms in total. The van der Waals surface area contributed by atoms with Crippen LogP contribution in [0.3, 0.4) is 0 Å². The van der Waals surface area contributed by atoms with Crippen molar-refractivity contribution in [3.05, 3.63) is 0 Å². The summed E-state index contributed by atoms with van der Waals surface area (Å²) in [5.41, 5.74) is 16.2. The number of nitrogens with one attached hydrogen (secondary N) is 2. The molecule has 1 aliphatic heterocycles. The third-order valence-corrected chi connectivity index (χ3v) is 18.9. The molecule has 2 unspecified atom stereocenters. The Hall–Kier alpha value is 0.0906. The molecular weight excluding hydrogens is 659 g/mol. The highest BCUT2D eigenvalue weighted by Gasteiger charge is 2.58. The Morgan fingerprint density at radius 1 is 0.787 bits per heavy atom. The molecule has 0 saturated carbocycles. The van der Waals surface area contributed by atoms with Gasteiger partial charge in [0.25, 0.3) is 0 Å². The first kappa shape index (κ1) is 49.2. The van der Waals surface area contributed by atoms with E-state index in [1.165, 1.54) is 12.8 Å². The maximum Gasteiger partial charge on any atom is 0.500 e. The highest BCUT2D eigenvalue weighted by atomic mass is 28.4. The Balaban J connectivity index is 0. The number of methoxy groups -OCH3 is 1. The van der Waals surface area contributed by atoms with Gasteiger partial charge in [-0.2, -0.15) is 0 Å². The van der Waals surface area contributed by atoms with Crippen LogP contribution in [0.1, 0.15) is 65.7 Å². The first-order valence-corrected chi connectivity index (χ1v) is 23.9. The molecule has 2 atom stereocenters. The topological polar surface area (TPSA) is 196 Å². The van der Waals surface area contributed by atoms with Gasteiger partial charge in [-0.05, 0) is 84.6 Å². The summed E-state index contributed by atoms with van der Waals surface area (Å²) in [6, 6.07) is 2.61. The molecule has 0 aromatic carbocycles. The summed E-state index contributed by atoms with van der Waals surface area (Å²) in [6.45, 7) is 14.1. The van der Waals surface area contributed by atoms with Gasteiger partial charge in [0.15, 0.2) is 0 Å². The first-order valence-electron chi connectivity index (χ1n) is 17.4. The van der Waals surface area contributed by atoms with Crippen molar-refractivity contribution in [1.29, 1.82) is 0 Å². The monoisotopic (exact) mass is 733 g/mol. The second-order valence-corrected chi connectivity index (χ2v) is 21.5. The number of aliphatic hydroxyl groups excluding tert-OH is 1. The van der Waals surface area contributed by atoms with Gasteiger partial charge in [0.05, 0.1) is 0 Å². The molecule has 1 fully saturated rings. The number of hydrogen-bond donors (Lipinski definition) is 6. The lowest BCUT2D eigenvalue weighted by molar-refractivity contribution is -0.0156. The van der Waals surface area contributed by atoms with Crippen LogP contribution in [0.15, 0.2) is 0 Å². The molecule has 0 aromatic rings. The molecule has 0 aliphatic carbocycles. The Labute approximate surface area is 290 Å². The molecule has 0 bridgehead atoms. The van der Waals surface area contributed by atoms with Crippen LogP contribution >= 0.6 is 0 Å². The molecule has 286 valence electrons. The largest absolute Gasteiger partial charge is 0.500 e. The third-order valence-electron chi connectivity index (χ3n) is 8.38. The Morgan fingerprint density at radius 2 is 1.36 bits per heavy atom. The zero-order chi connectivity index (χ0) is 36.1. The predicted octanol–water partition coefficient (Wildman–Crippen LogP) is 2.15. The lowest BCUT2D eigenvalue weighted by Crippen LogP contribution is -2.64. The average molecular weight is 734 g/mol. The van der Waals surface area contributed by atoms with Crippen LogP contribution in [-0.2, 0) is 35.7 Å². The van der Waals surface area contributed by atoms with Crippen LogP contribution < -0.4 is 27.8 Å². The molecule has 1 saturated heterocycles. The molecule has 47 heavy (non-hydrogen) atoms. The van der Waals surface area contributed by atoms with E-state index in [2.05, 4.69) is 10.6 Å². The van der Waals surface area contributed by atoms with E-state index in [9.17, 15) is 5.11 Å². The first-order chi connectivity index (χ1) is 22.5. The average Bonchev–Trinajstić information content (AvgIpc) is 3.09. The molecular formula is C30H75N5O9Si3. The third kappa shape index (κ3) is 19.3. The molecule has 1 aliphatic rings. The van der Waals surface area contributed by atoms with Crippen LogP contribution in [0.25, 0.3) is 0 Å². The minimum atomic E-state index is -2.40. The summed E-state index contributed by atoms with van der Waals surface area (Å²) in [5, 5.41) is 15.5. The second-order valence-electron chi connectivity index (χ2n) is 11.4. The Morgan fingerprint density at radius 3 is 1.81 bits per heavy atom. The van der Waals surface area contributed by atoms with Crippen LogP contribution in [-0.4, -0.2) is 137 Å². The van der Waals surface area contributed by atoms with E-state index in [1.54, 1.807) is 35.5 Å². The predicted molar refractivity (Wildman–Crippen MR) is 197 cm³/mol. The van der Waals surface area contributed by atoms with Gasteiger partial charge in [0.2, 0.25) is 0 Å². The summed E-state index contributed by atoms with van der Waals surface area (Å²) >= 11 is 0. The summed E-state index contributed by atoms with van der Waals surface area (Å²) < 4.78 is 45.2. The Kier molecular flexibility index (Phi) is 31.2. The van der Waals surface area contributed by atoms with E-state index < -0.39 is 32.2 Å². The molecule has 1 heterocycles. The standard InChI is InChI=1S/C13H30N2O3Si.C9H23NO3Si.C8H22N2O3Si/c1-16-13(8-6-10-15-11-9-14)7-4-5-12-19(13,17-2)18-3;1-4-11-14(12-5-2,13-6-3)9-7-8-10;1-12-14(3,13-2)7-4-8(11)10-6-5-9/h15H,4-12,14H2,1-3H3;4-10H2,1-3H3;8,10-11H,4-7,9H2,1-3H3. The SMILES string of the molecule is CCO[Si](CCCN)(OCC)OCC.COC1(CCCNCCN)CCCC[Si]1(OC)OC.CO[Si](C)(CCC(O)NCCN)OC. The highest BCUT2D eigenvalue weighted by Crippen LogP contribution is 2.42. The number of hydrogen-bond acceptors (Lipinski definition) is 14. The minimum absolute atomic E-state index is 0.195. The highest BCUT2D eigenvalue weighted by molar-refractivity contribution is 6.70. The number of rotatable bonds is 26. The van der Waals surface area contributed by atoms with Crippen molar-refractivity contribution in [3.8, 4) is 0 Å². The van der Waals surface area contributed by atoms with Gasteiger partial charge >= 0.3 is 25.9 Å².